The third-order valence-electron chi connectivity index (χ3n) is 2.69. The monoisotopic (exact) mass is 320 g/mol. The van der Waals surface area contributed by atoms with E-state index in [4.69, 9.17) is 5.73 Å². The number of nitrogens with one attached hydrogen (secondary N) is 1. The van der Waals surface area contributed by atoms with Gasteiger partial charge in [-0.25, -0.2) is 0 Å². The van der Waals surface area contributed by atoms with Gasteiger partial charge >= 0.3 is 0 Å². The Kier molecular flexibility index (Phi) is 4.06. The van der Waals surface area contributed by atoms with Gasteiger partial charge in [0.05, 0.1) is 5.56 Å². The molecule has 19 heavy (non-hydrogen) atoms. The summed E-state index contributed by atoms with van der Waals surface area (Å²) < 4.78 is 0.822. The Balaban J connectivity index is 2.08. The van der Waals surface area contributed by atoms with Crippen LogP contribution in [0.3, 0.4) is 0 Å². The van der Waals surface area contributed by atoms with Crippen molar-refractivity contribution in [3.63, 3.8) is 0 Å². The van der Waals surface area contributed by atoms with E-state index in [1.54, 1.807) is 42.5 Å². The normalized spacial score (nSPS) is 10.2. The summed E-state index contributed by atoms with van der Waals surface area (Å²) in [5.74, 6) is -0.111. The van der Waals surface area contributed by atoms with Crippen molar-refractivity contribution in [3.8, 4) is 5.75 Å². The number of hydrogen-bond acceptors (Lipinski definition) is 3. The van der Waals surface area contributed by atoms with Gasteiger partial charge in [-0.3, -0.25) is 4.79 Å². The van der Waals surface area contributed by atoms with E-state index in [0.29, 0.717) is 16.8 Å². The second kappa shape index (κ2) is 5.75. The molecule has 5 heteroatoms. The molecule has 0 bridgehead atoms. The van der Waals surface area contributed by atoms with Crippen molar-refractivity contribution in [2.45, 2.75) is 6.54 Å². The van der Waals surface area contributed by atoms with E-state index in [9.17, 15) is 9.90 Å². The zero-order valence-electron chi connectivity index (χ0n) is 10.1. The molecule has 1 amide bonds. The highest BCUT2D eigenvalue weighted by Gasteiger charge is 2.10. The molecule has 0 unspecified atom stereocenters. The van der Waals surface area contributed by atoms with Gasteiger partial charge in [-0.15, -0.1) is 0 Å². The lowest BCUT2D eigenvalue weighted by atomic mass is 10.1. The maximum Gasteiger partial charge on any atom is 0.253 e. The number of phenolic OH excluding ortho intramolecular Hbond substituents is 1. The van der Waals surface area contributed by atoms with Crippen LogP contribution in [0.5, 0.6) is 5.75 Å². The number of nitrogens with two attached hydrogens (primary N) is 1. The van der Waals surface area contributed by atoms with Crippen LogP contribution in [0.4, 0.5) is 5.69 Å². The van der Waals surface area contributed by atoms with Crippen LogP contribution in [0, 0.1) is 0 Å². The number of benzene rings is 2. The van der Waals surface area contributed by atoms with Crippen LogP contribution < -0.4 is 11.1 Å². The smallest absolute Gasteiger partial charge is 0.253 e. The minimum absolute atomic E-state index is 0.159. The minimum atomic E-state index is -0.270. The molecule has 4 N–H and O–H groups in total. The highest BCUT2D eigenvalue weighted by Crippen LogP contribution is 2.19. The molecule has 0 saturated heterocycles. The largest absolute Gasteiger partial charge is 0.508 e. The molecule has 0 aromatic heterocycles. The molecule has 0 aliphatic heterocycles. The van der Waals surface area contributed by atoms with Crippen LogP contribution in [-0.2, 0) is 6.54 Å². The first-order chi connectivity index (χ1) is 9.08. The highest BCUT2D eigenvalue weighted by molar-refractivity contribution is 9.10. The quantitative estimate of drug-likeness (QED) is 0.761. The number of carbonyl (C=O) groups is 1. The second-order valence-corrected chi connectivity index (χ2v) is 4.96. The number of hydrogen-bond donors (Lipinski definition) is 3. The summed E-state index contributed by atoms with van der Waals surface area (Å²) in [5, 5.41) is 12.3. The molecule has 0 fully saturated rings. The Labute approximate surface area is 119 Å². The average Bonchev–Trinajstić information content (AvgIpc) is 2.37. The molecule has 2 aromatic carbocycles. The highest BCUT2D eigenvalue weighted by atomic mass is 79.9. The number of anilines is 1. The van der Waals surface area contributed by atoms with Gasteiger partial charge in [-0.05, 0) is 24.3 Å². The van der Waals surface area contributed by atoms with Crippen LogP contribution in [0.2, 0.25) is 0 Å². The molecule has 2 aromatic rings. The summed E-state index contributed by atoms with van der Waals surface area (Å²) in [6.45, 7) is 0.251. The Morgan fingerprint density at radius 3 is 2.68 bits per heavy atom. The number of halogens is 1. The zero-order valence-corrected chi connectivity index (χ0v) is 11.6. The van der Waals surface area contributed by atoms with Crippen molar-refractivity contribution in [1.82, 2.24) is 5.32 Å². The second-order valence-electron chi connectivity index (χ2n) is 4.04. The lowest BCUT2D eigenvalue weighted by Crippen LogP contribution is -2.23. The van der Waals surface area contributed by atoms with Gasteiger partial charge in [0.1, 0.15) is 5.75 Å². The van der Waals surface area contributed by atoms with Crippen molar-refractivity contribution < 1.29 is 9.90 Å². The summed E-state index contributed by atoms with van der Waals surface area (Å²) in [7, 11) is 0. The Bertz CT molecular complexity index is 614. The van der Waals surface area contributed by atoms with Crippen LogP contribution in [-0.4, -0.2) is 11.0 Å². The average molecular weight is 321 g/mol. The van der Waals surface area contributed by atoms with Crippen molar-refractivity contribution in [2.24, 2.45) is 0 Å². The number of amides is 1. The molecule has 0 atom stereocenters. The predicted molar refractivity (Wildman–Crippen MR) is 77.8 cm³/mol. The first-order valence-electron chi connectivity index (χ1n) is 5.68. The molecular weight excluding hydrogens is 308 g/mol. The minimum Gasteiger partial charge on any atom is -0.508 e. The molecule has 2 rings (SSSR count). The van der Waals surface area contributed by atoms with Gasteiger partial charge in [0, 0.05) is 22.3 Å². The summed E-state index contributed by atoms with van der Waals surface area (Å²) >= 11 is 3.29. The molecule has 0 aliphatic rings. The van der Waals surface area contributed by atoms with Crippen LogP contribution >= 0.6 is 15.9 Å². The third kappa shape index (κ3) is 3.26. The molecule has 0 radical (unpaired) electrons. The van der Waals surface area contributed by atoms with E-state index in [0.717, 1.165) is 4.47 Å². The lowest BCUT2D eigenvalue weighted by molar-refractivity contribution is 0.0951. The molecule has 0 aliphatic carbocycles. The number of carbonyl (C=O) groups excluding carboxylic acids is 1. The SMILES string of the molecule is Nc1cc(Br)ccc1C(=O)NCc1ccccc1O. The maximum absolute atomic E-state index is 12.0. The van der Waals surface area contributed by atoms with Gasteiger partial charge < -0.3 is 16.2 Å². The molecule has 4 nitrogen and oxygen atoms in total. The fraction of sp³-hybridized carbons (Fsp3) is 0.0714. The van der Waals surface area contributed by atoms with Gasteiger partial charge in [0.15, 0.2) is 0 Å². The van der Waals surface area contributed by atoms with Gasteiger partial charge in [-0.2, -0.15) is 0 Å². The first kappa shape index (κ1) is 13.4. The summed E-state index contributed by atoms with van der Waals surface area (Å²) in [5.41, 5.74) is 7.26. The number of nitrogen functional groups attached to an aromatic ring is 1. The predicted octanol–water partition coefficient (Wildman–Crippen LogP) is 2.67. The number of rotatable bonds is 3. The fourth-order valence-electron chi connectivity index (χ4n) is 1.67. The number of aromatic hydroxyl groups is 1. The Hall–Kier alpha value is -2.01. The maximum atomic E-state index is 12.0. The summed E-state index contributed by atoms with van der Waals surface area (Å²) in [4.78, 5) is 12.0. The first-order valence-corrected chi connectivity index (χ1v) is 6.47. The molecule has 0 spiro atoms. The summed E-state index contributed by atoms with van der Waals surface area (Å²) in [6, 6.07) is 11.9. The lowest BCUT2D eigenvalue weighted by Gasteiger charge is -2.09. The number of para-hydroxylation sites is 1. The van der Waals surface area contributed by atoms with E-state index in [1.165, 1.54) is 0 Å². The van der Waals surface area contributed by atoms with Crippen molar-refractivity contribution in [1.29, 1.82) is 0 Å². The molecular formula is C14H13BrN2O2. The zero-order chi connectivity index (χ0) is 13.8. The summed E-state index contributed by atoms with van der Waals surface area (Å²) in [6.07, 6.45) is 0. The van der Waals surface area contributed by atoms with E-state index >= 15 is 0 Å². The molecule has 0 saturated carbocycles. The Morgan fingerprint density at radius 2 is 2.00 bits per heavy atom. The third-order valence-corrected chi connectivity index (χ3v) is 3.18. The van der Waals surface area contributed by atoms with Gasteiger partial charge in [0.2, 0.25) is 0 Å². The van der Waals surface area contributed by atoms with Crippen LogP contribution in [0.15, 0.2) is 46.9 Å². The van der Waals surface area contributed by atoms with Crippen LogP contribution in [0.1, 0.15) is 15.9 Å². The molecule has 0 heterocycles. The van der Waals surface area contributed by atoms with Gasteiger partial charge in [-0.1, -0.05) is 34.1 Å². The van der Waals surface area contributed by atoms with Gasteiger partial charge in [0.25, 0.3) is 5.91 Å². The topological polar surface area (TPSA) is 75.4 Å². The standard InChI is InChI=1S/C14H13BrN2O2/c15-10-5-6-11(12(16)7-10)14(19)17-8-9-3-1-2-4-13(9)18/h1-7,18H,8,16H2,(H,17,19). The van der Waals surface area contributed by atoms with E-state index in [1.807, 2.05) is 0 Å². The van der Waals surface area contributed by atoms with Crippen molar-refractivity contribution in [3.05, 3.63) is 58.1 Å². The Morgan fingerprint density at radius 1 is 1.26 bits per heavy atom. The van der Waals surface area contributed by atoms with E-state index in [2.05, 4.69) is 21.2 Å². The van der Waals surface area contributed by atoms with E-state index in [-0.39, 0.29) is 18.2 Å². The van der Waals surface area contributed by atoms with Crippen LogP contribution in [0.25, 0.3) is 0 Å². The van der Waals surface area contributed by atoms with Crippen molar-refractivity contribution >= 4 is 27.5 Å². The van der Waals surface area contributed by atoms with Crippen molar-refractivity contribution in [2.75, 3.05) is 5.73 Å². The van der Waals surface area contributed by atoms with E-state index < -0.39 is 0 Å². The number of phenols is 1. The fourth-order valence-corrected chi connectivity index (χ4v) is 2.05. The molecule has 98 valence electrons.